The van der Waals surface area contributed by atoms with E-state index in [9.17, 15) is 13.2 Å². The van der Waals surface area contributed by atoms with E-state index < -0.39 is 10.0 Å². The highest BCUT2D eigenvalue weighted by molar-refractivity contribution is 9.10. The molecule has 3 aromatic rings. The second-order valence-corrected chi connectivity index (χ2v) is 9.77. The molecule has 2 N–H and O–H groups in total. The van der Waals surface area contributed by atoms with Crippen molar-refractivity contribution in [1.82, 2.24) is 5.32 Å². The van der Waals surface area contributed by atoms with Gasteiger partial charge in [-0.25, -0.2) is 8.42 Å². The largest absolute Gasteiger partial charge is 0.494 e. The Morgan fingerprint density at radius 2 is 1.61 bits per heavy atom. The van der Waals surface area contributed by atoms with Crippen molar-refractivity contribution in [1.29, 1.82) is 0 Å². The van der Waals surface area contributed by atoms with Crippen LogP contribution in [0.3, 0.4) is 0 Å². The minimum Gasteiger partial charge on any atom is -0.494 e. The Labute approximate surface area is 202 Å². The molecule has 3 rings (SSSR count). The molecule has 0 radical (unpaired) electrons. The number of hydrogen-bond acceptors (Lipinski definition) is 5. The van der Waals surface area contributed by atoms with Crippen molar-refractivity contribution in [3.05, 3.63) is 82.8 Å². The molecule has 0 bridgehead atoms. The summed E-state index contributed by atoms with van der Waals surface area (Å²) in [6, 6.07) is 20.0. The fourth-order valence-corrected chi connectivity index (χ4v) is 4.48. The van der Waals surface area contributed by atoms with Crippen LogP contribution in [0.15, 0.2) is 82.2 Å². The van der Waals surface area contributed by atoms with E-state index in [1.54, 1.807) is 24.3 Å². The summed E-state index contributed by atoms with van der Waals surface area (Å²) in [7, 11) is -3.77. The minimum atomic E-state index is -3.77. The van der Waals surface area contributed by atoms with E-state index in [-0.39, 0.29) is 23.5 Å². The van der Waals surface area contributed by atoms with Crippen LogP contribution in [0.5, 0.6) is 11.5 Å². The van der Waals surface area contributed by atoms with Gasteiger partial charge in [0, 0.05) is 10.2 Å². The molecule has 0 aliphatic rings. The van der Waals surface area contributed by atoms with Gasteiger partial charge in [0.1, 0.15) is 11.5 Å². The first-order valence-corrected chi connectivity index (χ1v) is 12.6. The van der Waals surface area contributed by atoms with Crippen LogP contribution in [0.2, 0.25) is 0 Å². The molecule has 0 aliphatic carbocycles. The van der Waals surface area contributed by atoms with Gasteiger partial charge in [0.05, 0.1) is 17.5 Å². The summed E-state index contributed by atoms with van der Waals surface area (Å²) in [4.78, 5) is 12.3. The number of benzene rings is 3. The Bertz CT molecular complexity index is 1180. The number of carbonyl (C=O) groups excluding carboxylic acids is 1. The maximum Gasteiger partial charge on any atom is 0.261 e. The van der Waals surface area contributed by atoms with Crippen LogP contribution in [0.25, 0.3) is 0 Å². The maximum atomic E-state index is 12.6. The van der Waals surface area contributed by atoms with Crippen molar-refractivity contribution >= 4 is 37.5 Å². The fourth-order valence-electron chi connectivity index (χ4n) is 3.01. The second kappa shape index (κ2) is 11.2. The topological polar surface area (TPSA) is 93.7 Å². The predicted octanol–water partition coefficient (Wildman–Crippen LogP) is 4.90. The average molecular weight is 533 g/mol. The summed E-state index contributed by atoms with van der Waals surface area (Å²) in [5, 5.41) is 2.87. The van der Waals surface area contributed by atoms with E-state index in [0.29, 0.717) is 23.8 Å². The van der Waals surface area contributed by atoms with Crippen LogP contribution >= 0.6 is 15.9 Å². The molecule has 1 unspecified atom stereocenters. The predicted molar refractivity (Wildman–Crippen MR) is 131 cm³/mol. The minimum absolute atomic E-state index is 0.0801. The quantitative estimate of drug-likeness (QED) is 0.387. The van der Waals surface area contributed by atoms with Crippen molar-refractivity contribution < 1.29 is 22.7 Å². The number of halogens is 1. The molecule has 0 saturated carbocycles. The van der Waals surface area contributed by atoms with Gasteiger partial charge in [0.15, 0.2) is 6.61 Å². The summed E-state index contributed by atoms with van der Waals surface area (Å²) in [6.07, 6.45) is 0. The zero-order valence-corrected chi connectivity index (χ0v) is 20.6. The molecule has 0 spiro atoms. The van der Waals surface area contributed by atoms with Crippen molar-refractivity contribution in [3.63, 3.8) is 0 Å². The second-order valence-electron chi connectivity index (χ2n) is 7.17. The summed E-state index contributed by atoms with van der Waals surface area (Å²) in [5.74, 6) is 0.772. The highest BCUT2D eigenvalue weighted by atomic mass is 79.9. The molecule has 174 valence electrons. The first-order chi connectivity index (χ1) is 15.8. The van der Waals surface area contributed by atoms with Gasteiger partial charge in [-0.05, 0) is 80.1 Å². The zero-order chi connectivity index (χ0) is 23.8. The Morgan fingerprint density at radius 3 is 2.24 bits per heavy atom. The van der Waals surface area contributed by atoms with Crippen LogP contribution in [0.4, 0.5) is 5.69 Å². The van der Waals surface area contributed by atoms with E-state index in [4.69, 9.17) is 9.47 Å². The third-order valence-corrected chi connectivity index (χ3v) is 6.54. The molecule has 0 aromatic heterocycles. The number of rotatable bonds is 10. The van der Waals surface area contributed by atoms with Crippen molar-refractivity contribution in [3.8, 4) is 11.5 Å². The van der Waals surface area contributed by atoms with Gasteiger partial charge in [-0.15, -0.1) is 0 Å². The smallest absolute Gasteiger partial charge is 0.261 e. The number of amides is 1. The average Bonchev–Trinajstić information content (AvgIpc) is 2.79. The number of nitrogens with one attached hydrogen (secondary N) is 2. The molecule has 0 saturated heterocycles. The maximum absolute atomic E-state index is 12.6. The van der Waals surface area contributed by atoms with Gasteiger partial charge in [0.2, 0.25) is 0 Å². The first-order valence-electron chi connectivity index (χ1n) is 10.3. The van der Waals surface area contributed by atoms with Crippen LogP contribution in [-0.2, 0) is 14.8 Å². The monoisotopic (exact) mass is 532 g/mol. The van der Waals surface area contributed by atoms with E-state index in [0.717, 1.165) is 10.0 Å². The lowest BCUT2D eigenvalue weighted by Crippen LogP contribution is -2.31. The third-order valence-electron chi connectivity index (χ3n) is 4.65. The Hall–Kier alpha value is -3.04. The summed E-state index contributed by atoms with van der Waals surface area (Å²) < 4.78 is 39.6. The van der Waals surface area contributed by atoms with Crippen LogP contribution < -0.4 is 19.5 Å². The molecule has 9 heteroatoms. The molecule has 33 heavy (non-hydrogen) atoms. The zero-order valence-electron chi connectivity index (χ0n) is 18.2. The molecular formula is C24H25BrN2O5S. The standard InChI is InChI=1S/C24H25BrN2O5S/c1-3-31-21-9-7-20(8-10-21)27-33(29,30)23-13-11-22(12-14-23)32-16-24(28)26-17(2)18-5-4-6-19(25)15-18/h4-15,17,27H,3,16H2,1-2H3,(H,26,28). The normalized spacial score (nSPS) is 12.0. The highest BCUT2D eigenvalue weighted by Gasteiger charge is 2.15. The van der Waals surface area contributed by atoms with Crippen molar-refractivity contribution in [2.75, 3.05) is 17.9 Å². The fraction of sp³-hybridized carbons (Fsp3) is 0.208. The third kappa shape index (κ3) is 7.23. The molecule has 7 nitrogen and oxygen atoms in total. The van der Waals surface area contributed by atoms with E-state index in [2.05, 4.69) is 26.0 Å². The molecule has 3 aromatic carbocycles. The lowest BCUT2D eigenvalue weighted by Gasteiger charge is -2.15. The molecular weight excluding hydrogens is 508 g/mol. The van der Waals surface area contributed by atoms with Gasteiger partial charge in [-0.1, -0.05) is 28.1 Å². The van der Waals surface area contributed by atoms with Crippen LogP contribution in [0, 0.1) is 0 Å². The molecule has 0 fully saturated rings. The van der Waals surface area contributed by atoms with Crippen molar-refractivity contribution in [2.45, 2.75) is 24.8 Å². The van der Waals surface area contributed by atoms with Gasteiger partial charge in [0.25, 0.3) is 15.9 Å². The summed E-state index contributed by atoms with van der Waals surface area (Å²) >= 11 is 3.41. The Kier molecular flexibility index (Phi) is 8.35. The number of ether oxygens (including phenoxy) is 2. The molecule has 0 heterocycles. The number of hydrogen-bond donors (Lipinski definition) is 2. The van der Waals surface area contributed by atoms with Gasteiger partial charge in [-0.3, -0.25) is 9.52 Å². The number of sulfonamides is 1. The Morgan fingerprint density at radius 1 is 0.970 bits per heavy atom. The van der Waals surface area contributed by atoms with E-state index in [1.807, 2.05) is 38.1 Å². The van der Waals surface area contributed by atoms with Crippen LogP contribution in [-0.4, -0.2) is 27.5 Å². The number of carbonyl (C=O) groups is 1. The molecule has 0 aliphatic heterocycles. The highest BCUT2D eigenvalue weighted by Crippen LogP contribution is 2.22. The molecule has 1 amide bonds. The summed E-state index contributed by atoms with van der Waals surface area (Å²) in [6.45, 7) is 4.11. The lowest BCUT2D eigenvalue weighted by molar-refractivity contribution is -0.123. The van der Waals surface area contributed by atoms with Gasteiger partial charge < -0.3 is 14.8 Å². The van der Waals surface area contributed by atoms with Gasteiger partial charge >= 0.3 is 0 Å². The lowest BCUT2D eigenvalue weighted by atomic mass is 10.1. The Balaban J connectivity index is 1.54. The first kappa shape index (κ1) is 24.6. The summed E-state index contributed by atoms with van der Waals surface area (Å²) in [5.41, 5.74) is 1.39. The molecule has 1 atom stereocenters. The number of anilines is 1. The van der Waals surface area contributed by atoms with E-state index in [1.165, 1.54) is 24.3 Å². The van der Waals surface area contributed by atoms with Crippen LogP contribution in [0.1, 0.15) is 25.5 Å². The van der Waals surface area contributed by atoms with E-state index >= 15 is 0 Å². The SMILES string of the molecule is CCOc1ccc(NS(=O)(=O)c2ccc(OCC(=O)NC(C)c3cccc(Br)c3)cc2)cc1. The van der Waals surface area contributed by atoms with Crippen molar-refractivity contribution in [2.24, 2.45) is 0 Å². The van der Waals surface area contributed by atoms with Gasteiger partial charge in [-0.2, -0.15) is 0 Å².